The van der Waals surface area contributed by atoms with Crippen molar-refractivity contribution in [2.45, 2.75) is 25.4 Å². The van der Waals surface area contributed by atoms with Crippen molar-refractivity contribution in [3.63, 3.8) is 0 Å². The smallest absolute Gasteiger partial charge is 0.0796 e. The highest BCUT2D eigenvalue weighted by atomic mass is 16.3. The van der Waals surface area contributed by atoms with Gasteiger partial charge in [-0.2, -0.15) is 5.26 Å². The average molecular weight is 249 g/mol. The summed E-state index contributed by atoms with van der Waals surface area (Å²) in [6.45, 7) is 0. The van der Waals surface area contributed by atoms with Crippen molar-refractivity contribution in [3.8, 4) is 17.2 Å². The van der Waals surface area contributed by atoms with Crippen LogP contribution in [0.2, 0.25) is 0 Å². The summed E-state index contributed by atoms with van der Waals surface area (Å²) in [6, 6.07) is 16.5. The second-order valence-electron chi connectivity index (χ2n) is 5.00. The molecule has 2 aromatic rings. The maximum atomic E-state index is 9.93. The van der Waals surface area contributed by atoms with Crippen molar-refractivity contribution in [1.82, 2.24) is 0 Å². The fourth-order valence-electron chi connectivity index (χ4n) is 2.67. The molecule has 1 atom stereocenters. The lowest BCUT2D eigenvalue weighted by atomic mass is 9.99. The fourth-order valence-corrected chi connectivity index (χ4v) is 2.67. The number of benzene rings is 2. The number of aliphatic hydroxyl groups excluding tert-OH is 1. The highest BCUT2D eigenvalue weighted by molar-refractivity contribution is 5.66. The van der Waals surface area contributed by atoms with Gasteiger partial charge in [0.15, 0.2) is 0 Å². The summed E-state index contributed by atoms with van der Waals surface area (Å²) in [4.78, 5) is 0. The topological polar surface area (TPSA) is 44.0 Å². The molecular weight excluding hydrogens is 234 g/mol. The van der Waals surface area contributed by atoms with Crippen LogP contribution in [0.5, 0.6) is 0 Å². The van der Waals surface area contributed by atoms with Crippen molar-refractivity contribution in [2.24, 2.45) is 0 Å². The summed E-state index contributed by atoms with van der Waals surface area (Å²) in [5.74, 6) is 0. The van der Waals surface area contributed by atoms with Gasteiger partial charge in [-0.05, 0) is 46.7 Å². The zero-order chi connectivity index (χ0) is 13.2. The van der Waals surface area contributed by atoms with E-state index in [0.717, 1.165) is 35.1 Å². The summed E-state index contributed by atoms with van der Waals surface area (Å²) in [6.07, 6.45) is 1.94. The normalized spacial score (nSPS) is 16.9. The predicted octanol–water partition coefficient (Wildman–Crippen LogP) is 3.40. The van der Waals surface area contributed by atoms with Gasteiger partial charge < -0.3 is 5.11 Å². The molecule has 0 heterocycles. The van der Waals surface area contributed by atoms with E-state index in [4.69, 9.17) is 5.26 Å². The molecule has 1 N–H and O–H groups in total. The zero-order valence-corrected chi connectivity index (χ0v) is 10.6. The number of fused-ring (bicyclic) bond motifs is 1. The number of aryl methyl sites for hydroxylation is 1. The summed E-state index contributed by atoms with van der Waals surface area (Å²) in [5.41, 5.74) is 5.62. The van der Waals surface area contributed by atoms with E-state index >= 15 is 0 Å². The lowest BCUT2D eigenvalue weighted by Gasteiger charge is -2.08. The minimum absolute atomic E-state index is 0.312. The number of hydrogen-bond acceptors (Lipinski definition) is 2. The van der Waals surface area contributed by atoms with Gasteiger partial charge in [0.1, 0.15) is 0 Å². The summed E-state index contributed by atoms with van der Waals surface area (Å²) in [5, 5.41) is 18.6. The monoisotopic (exact) mass is 249 g/mol. The molecule has 2 aromatic carbocycles. The number of hydrogen-bond donors (Lipinski definition) is 1. The van der Waals surface area contributed by atoms with Gasteiger partial charge in [-0.1, -0.05) is 36.4 Å². The molecule has 2 heteroatoms. The Labute approximate surface area is 112 Å². The molecule has 0 aromatic heterocycles. The van der Waals surface area contributed by atoms with E-state index < -0.39 is 0 Å². The Balaban J connectivity index is 1.94. The Hall–Kier alpha value is -2.11. The molecule has 0 aliphatic heterocycles. The fraction of sp³-hybridized carbons (Fsp3) is 0.235. The molecule has 0 saturated heterocycles. The number of nitrogens with zero attached hydrogens (tertiary/aromatic N) is 1. The molecule has 94 valence electrons. The molecule has 0 saturated carbocycles. The minimum Gasteiger partial charge on any atom is -0.388 e. The molecule has 19 heavy (non-hydrogen) atoms. The Bertz CT molecular complexity index is 637. The van der Waals surface area contributed by atoms with Crippen LogP contribution in [0.3, 0.4) is 0 Å². The molecule has 0 fully saturated rings. The van der Waals surface area contributed by atoms with E-state index in [0.29, 0.717) is 6.42 Å². The van der Waals surface area contributed by atoms with Crippen LogP contribution in [-0.2, 0) is 12.8 Å². The largest absolute Gasteiger partial charge is 0.388 e. The van der Waals surface area contributed by atoms with E-state index in [1.54, 1.807) is 0 Å². The molecule has 2 nitrogen and oxygen atoms in total. The third kappa shape index (κ3) is 2.25. The number of aliphatic hydroxyl groups is 1. The maximum absolute atomic E-state index is 9.93. The Morgan fingerprint density at radius 2 is 1.84 bits per heavy atom. The van der Waals surface area contributed by atoms with Gasteiger partial charge >= 0.3 is 0 Å². The number of nitriles is 1. The molecule has 1 aliphatic carbocycles. The first-order valence-corrected chi connectivity index (χ1v) is 6.55. The van der Waals surface area contributed by atoms with Gasteiger partial charge in [0.2, 0.25) is 0 Å². The van der Waals surface area contributed by atoms with Gasteiger partial charge in [0.25, 0.3) is 0 Å². The Morgan fingerprint density at radius 3 is 2.58 bits per heavy atom. The quantitative estimate of drug-likeness (QED) is 0.886. The lowest BCUT2D eigenvalue weighted by molar-refractivity contribution is 0.180. The van der Waals surface area contributed by atoms with Gasteiger partial charge in [-0.25, -0.2) is 0 Å². The Morgan fingerprint density at radius 1 is 1.11 bits per heavy atom. The van der Waals surface area contributed by atoms with Crippen LogP contribution in [0, 0.1) is 11.3 Å². The van der Waals surface area contributed by atoms with E-state index in [2.05, 4.69) is 24.3 Å². The maximum Gasteiger partial charge on any atom is 0.0796 e. The molecule has 1 aliphatic rings. The summed E-state index contributed by atoms with van der Waals surface area (Å²) < 4.78 is 0. The Kier molecular flexibility index (Phi) is 3.06. The first kappa shape index (κ1) is 12.0. The first-order chi connectivity index (χ1) is 9.28. The van der Waals surface area contributed by atoms with Gasteiger partial charge in [0.05, 0.1) is 18.6 Å². The molecule has 0 unspecified atom stereocenters. The van der Waals surface area contributed by atoms with Crippen LogP contribution >= 0.6 is 0 Å². The summed E-state index contributed by atoms with van der Waals surface area (Å²) >= 11 is 0. The third-order valence-electron chi connectivity index (χ3n) is 3.76. The highest BCUT2D eigenvalue weighted by Crippen LogP contribution is 2.34. The van der Waals surface area contributed by atoms with Crippen LogP contribution in [0.15, 0.2) is 42.5 Å². The van der Waals surface area contributed by atoms with Crippen LogP contribution < -0.4 is 0 Å². The molecule has 0 radical (unpaired) electrons. The van der Waals surface area contributed by atoms with Crippen molar-refractivity contribution in [1.29, 1.82) is 5.26 Å². The predicted molar refractivity (Wildman–Crippen MR) is 74.5 cm³/mol. The van der Waals surface area contributed by atoms with Crippen molar-refractivity contribution < 1.29 is 5.11 Å². The summed E-state index contributed by atoms with van der Waals surface area (Å²) in [7, 11) is 0. The average Bonchev–Trinajstić information content (AvgIpc) is 2.81. The van der Waals surface area contributed by atoms with Crippen LogP contribution in [-0.4, -0.2) is 5.11 Å². The van der Waals surface area contributed by atoms with Crippen LogP contribution in [0.4, 0.5) is 0 Å². The van der Waals surface area contributed by atoms with Crippen molar-refractivity contribution in [2.75, 3.05) is 0 Å². The minimum atomic E-state index is -0.312. The van der Waals surface area contributed by atoms with Crippen molar-refractivity contribution in [3.05, 3.63) is 59.2 Å². The molecule has 0 amide bonds. The van der Waals surface area contributed by atoms with Gasteiger partial charge in [0, 0.05) is 0 Å². The van der Waals surface area contributed by atoms with Crippen LogP contribution in [0.1, 0.15) is 29.2 Å². The van der Waals surface area contributed by atoms with Crippen LogP contribution in [0.25, 0.3) is 11.1 Å². The molecule has 3 rings (SSSR count). The van der Waals surface area contributed by atoms with Crippen molar-refractivity contribution >= 4 is 0 Å². The molecule has 0 bridgehead atoms. The van der Waals surface area contributed by atoms with Gasteiger partial charge in [-0.15, -0.1) is 0 Å². The molecular formula is C17H15NO. The highest BCUT2D eigenvalue weighted by Gasteiger charge is 2.20. The van der Waals surface area contributed by atoms with E-state index in [1.165, 1.54) is 5.56 Å². The van der Waals surface area contributed by atoms with E-state index in [1.807, 2.05) is 24.3 Å². The van der Waals surface area contributed by atoms with E-state index in [-0.39, 0.29) is 6.10 Å². The number of rotatable bonds is 2. The standard InChI is InChI=1S/C17H15NO/c18-10-9-12-1-3-13(4-2-12)15-6-5-14-7-8-17(19)16(14)11-15/h1-6,11,17,19H,7-9H2/t17-/m1/s1. The lowest BCUT2D eigenvalue weighted by Crippen LogP contribution is -1.91. The zero-order valence-electron chi connectivity index (χ0n) is 10.6. The molecule has 0 spiro atoms. The van der Waals surface area contributed by atoms with E-state index in [9.17, 15) is 5.11 Å². The SMILES string of the molecule is N#CCc1ccc(-c2ccc3c(c2)[C@H](O)CC3)cc1. The second kappa shape index (κ2) is 4.87. The second-order valence-corrected chi connectivity index (χ2v) is 5.00. The first-order valence-electron chi connectivity index (χ1n) is 6.55. The van der Waals surface area contributed by atoms with Gasteiger partial charge in [-0.3, -0.25) is 0 Å². The third-order valence-corrected chi connectivity index (χ3v) is 3.76.